The molecule has 0 fully saturated rings. The fourth-order valence-corrected chi connectivity index (χ4v) is 2.60. The Bertz CT molecular complexity index is 609. The number of para-hydroxylation sites is 2. The van der Waals surface area contributed by atoms with Crippen molar-refractivity contribution in [2.45, 2.75) is 6.04 Å². The van der Waals surface area contributed by atoms with Crippen LogP contribution in [0, 0.1) is 0 Å². The summed E-state index contributed by atoms with van der Waals surface area (Å²) in [5.74, 6) is 1.60. The molecule has 2 amide bonds. The summed E-state index contributed by atoms with van der Waals surface area (Å²) in [6, 6.07) is 15.4. The van der Waals surface area contributed by atoms with Gasteiger partial charge in [0.1, 0.15) is 11.5 Å². The van der Waals surface area contributed by atoms with E-state index in [-0.39, 0.29) is 12.1 Å². The molecule has 2 aromatic carbocycles. The smallest absolute Gasteiger partial charge is 0.317 e. The highest BCUT2D eigenvalue weighted by molar-refractivity contribution is 5.75. The second-order valence-corrected chi connectivity index (χ2v) is 4.75. The van der Waals surface area contributed by atoms with Gasteiger partial charge >= 0.3 is 6.03 Å². The van der Waals surface area contributed by atoms with Gasteiger partial charge in [0, 0.05) is 25.2 Å². The molecule has 0 saturated carbocycles. The van der Waals surface area contributed by atoms with Crippen LogP contribution in [0.5, 0.6) is 11.5 Å². The van der Waals surface area contributed by atoms with Crippen LogP contribution in [-0.2, 0) is 0 Å². The minimum atomic E-state index is -0.143. The van der Waals surface area contributed by atoms with Crippen LogP contribution in [0.4, 0.5) is 4.79 Å². The number of fused-ring (bicyclic) bond motifs is 2. The van der Waals surface area contributed by atoms with Crippen molar-refractivity contribution < 1.29 is 9.53 Å². The van der Waals surface area contributed by atoms with Crippen LogP contribution < -0.4 is 10.1 Å². The van der Waals surface area contributed by atoms with Crippen LogP contribution in [0.2, 0.25) is 0 Å². The number of rotatable bonds is 1. The van der Waals surface area contributed by atoms with Crippen LogP contribution in [0.1, 0.15) is 17.2 Å². The second-order valence-electron chi connectivity index (χ2n) is 4.75. The Labute approximate surface area is 118 Å². The molecule has 1 aliphatic heterocycles. The third-order valence-corrected chi connectivity index (χ3v) is 3.57. The van der Waals surface area contributed by atoms with Gasteiger partial charge in [0.25, 0.3) is 0 Å². The lowest BCUT2D eigenvalue weighted by atomic mass is 9.93. The summed E-state index contributed by atoms with van der Waals surface area (Å²) >= 11 is 0. The number of amides is 2. The Morgan fingerprint density at radius 2 is 1.55 bits per heavy atom. The minimum Gasteiger partial charge on any atom is -0.457 e. The highest BCUT2D eigenvalue weighted by Gasteiger charge is 2.31. The van der Waals surface area contributed by atoms with E-state index in [1.54, 1.807) is 19.0 Å². The third-order valence-electron chi connectivity index (χ3n) is 3.57. The van der Waals surface area contributed by atoms with Crippen molar-refractivity contribution in [3.63, 3.8) is 0 Å². The van der Waals surface area contributed by atoms with Crippen molar-refractivity contribution in [1.82, 2.24) is 10.2 Å². The van der Waals surface area contributed by atoms with Crippen LogP contribution >= 0.6 is 0 Å². The zero-order valence-electron chi connectivity index (χ0n) is 11.5. The Hall–Kier alpha value is -2.49. The Morgan fingerprint density at radius 3 is 2.05 bits per heavy atom. The van der Waals surface area contributed by atoms with Gasteiger partial charge in [0.05, 0.1) is 6.04 Å². The lowest BCUT2D eigenvalue weighted by Gasteiger charge is -2.34. The van der Waals surface area contributed by atoms with Gasteiger partial charge in [-0.15, -0.1) is 0 Å². The maximum Gasteiger partial charge on any atom is 0.317 e. The van der Waals surface area contributed by atoms with E-state index in [1.165, 1.54) is 0 Å². The van der Waals surface area contributed by atoms with Gasteiger partial charge in [-0.05, 0) is 12.1 Å². The maximum absolute atomic E-state index is 12.0. The van der Waals surface area contributed by atoms with Crippen molar-refractivity contribution >= 4 is 6.03 Å². The summed E-state index contributed by atoms with van der Waals surface area (Å²) in [5, 5.41) is 2.67. The standard InChI is InChI=1S/C16H16N2O2/c1-17-16(19)18(2)15-11-7-3-5-9-13(11)20-14-10-6-4-8-12(14)15/h3-10,15H,1-2H3,(H,17,19). The number of carbonyl (C=O) groups is 1. The Morgan fingerprint density at radius 1 is 1.05 bits per heavy atom. The molecule has 0 saturated heterocycles. The fraction of sp³-hybridized carbons (Fsp3) is 0.188. The van der Waals surface area contributed by atoms with Gasteiger partial charge in [-0.2, -0.15) is 0 Å². The molecule has 0 atom stereocenters. The van der Waals surface area contributed by atoms with E-state index in [1.807, 2.05) is 48.5 Å². The highest BCUT2D eigenvalue weighted by Crippen LogP contribution is 2.44. The SMILES string of the molecule is CNC(=O)N(C)C1c2ccccc2Oc2ccccc21. The van der Waals surface area contributed by atoms with Crippen LogP contribution in [0.15, 0.2) is 48.5 Å². The normalized spacial score (nSPS) is 12.9. The molecule has 0 unspecified atom stereocenters. The first-order valence-corrected chi connectivity index (χ1v) is 6.52. The van der Waals surface area contributed by atoms with Gasteiger partial charge in [0.2, 0.25) is 0 Å². The van der Waals surface area contributed by atoms with Crippen LogP contribution in [0.25, 0.3) is 0 Å². The first-order chi connectivity index (χ1) is 9.72. The lowest BCUT2D eigenvalue weighted by molar-refractivity contribution is 0.197. The molecule has 3 rings (SSSR count). The zero-order valence-corrected chi connectivity index (χ0v) is 11.5. The molecule has 1 N–H and O–H groups in total. The summed E-state index contributed by atoms with van der Waals surface area (Å²) in [6.45, 7) is 0. The largest absolute Gasteiger partial charge is 0.457 e. The number of urea groups is 1. The molecule has 0 aliphatic carbocycles. The van der Waals surface area contributed by atoms with E-state index in [2.05, 4.69) is 5.32 Å². The number of hydrogen-bond acceptors (Lipinski definition) is 2. The predicted octanol–water partition coefficient (Wildman–Crippen LogP) is 3.15. The Balaban J connectivity index is 2.15. The highest BCUT2D eigenvalue weighted by atomic mass is 16.5. The molecule has 4 heteroatoms. The second kappa shape index (κ2) is 4.89. The van der Waals surface area contributed by atoms with Gasteiger partial charge in [-0.1, -0.05) is 36.4 Å². The predicted molar refractivity (Wildman–Crippen MR) is 77.0 cm³/mol. The van der Waals surface area contributed by atoms with E-state index >= 15 is 0 Å². The van der Waals surface area contributed by atoms with E-state index < -0.39 is 0 Å². The van der Waals surface area contributed by atoms with Crippen LogP contribution in [-0.4, -0.2) is 25.0 Å². The summed E-state index contributed by atoms with van der Waals surface area (Å²) < 4.78 is 5.91. The van der Waals surface area contributed by atoms with Crippen molar-refractivity contribution in [1.29, 1.82) is 0 Å². The lowest BCUT2D eigenvalue weighted by Crippen LogP contribution is -2.39. The number of benzene rings is 2. The summed E-state index contributed by atoms with van der Waals surface area (Å²) in [4.78, 5) is 13.7. The number of ether oxygens (including phenoxy) is 1. The third kappa shape index (κ3) is 1.90. The molecule has 2 aromatic rings. The summed E-state index contributed by atoms with van der Waals surface area (Å²) in [7, 11) is 3.43. The van der Waals surface area contributed by atoms with Gasteiger partial charge < -0.3 is 15.0 Å². The number of hydrogen-bond donors (Lipinski definition) is 1. The maximum atomic E-state index is 12.0. The van der Waals surface area contributed by atoms with E-state index in [9.17, 15) is 4.79 Å². The average molecular weight is 268 g/mol. The topological polar surface area (TPSA) is 41.6 Å². The zero-order chi connectivity index (χ0) is 14.1. The summed E-state index contributed by atoms with van der Waals surface area (Å²) in [5.41, 5.74) is 2.00. The quantitative estimate of drug-likeness (QED) is 0.863. The number of carbonyl (C=O) groups excluding carboxylic acids is 1. The van der Waals surface area contributed by atoms with Crippen LogP contribution in [0.3, 0.4) is 0 Å². The van der Waals surface area contributed by atoms with Gasteiger partial charge in [-0.3, -0.25) is 0 Å². The van der Waals surface area contributed by atoms with E-state index in [0.29, 0.717) is 0 Å². The monoisotopic (exact) mass is 268 g/mol. The van der Waals surface area contributed by atoms with Gasteiger partial charge in [-0.25, -0.2) is 4.79 Å². The molecule has 4 nitrogen and oxygen atoms in total. The number of nitrogens with one attached hydrogen (secondary N) is 1. The average Bonchev–Trinajstić information content (AvgIpc) is 2.51. The molecule has 1 heterocycles. The van der Waals surface area contributed by atoms with E-state index in [4.69, 9.17) is 4.74 Å². The first kappa shape index (κ1) is 12.5. The molecule has 0 aromatic heterocycles. The van der Waals surface area contributed by atoms with Gasteiger partial charge in [0.15, 0.2) is 0 Å². The minimum absolute atomic E-state index is 0.124. The number of nitrogens with zero attached hydrogens (tertiary/aromatic N) is 1. The van der Waals surface area contributed by atoms with Crippen molar-refractivity contribution in [2.75, 3.05) is 14.1 Å². The molecule has 1 aliphatic rings. The van der Waals surface area contributed by atoms with E-state index in [0.717, 1.165) is 22.6 Å². The molecular weight excluding hydrogens is 252 g/mol. The molecular formula is C16H16N2O2. The molecule has 0 radical (unpaired) electrons. The van der Waals surface area contributed by atoms with Crippen molar-refractivity contribution in [3.8, 4) is 11.5 Å². The molecule has 0 bridgehead atoms. The van der Waals surface area contributed by atoms with Crippen molar-refractivity contribution in [3.05, 3.63) is 59.7 Å². The molecule has 102 valence electrons. The summed E-state index contributed by atoms with van der Waals surface area (Å²) in [6.07, 6.45) is 0. The van der Waals surface area contributed by atoms with Crippen molar-refractivity contribution in [2.24, 2.45) is 0 Å². The fourth-order valence-electron chi connectivity index (χ4n) is 2.60. The molecule has 0 spiro atoms. The molecule has 20 heavy (non-hydrogen) atoms. The first-order valence-electron chi connectivity index (χ1n) is 6.52. The Kier molecular flexibility index (Phi) is 3.06.